The van der Waals surface area contributed by atoms with E-state index in [2.05, 4.69) is 21.6 Å². The molecule has 0 spiro atoms. The number of nitrogens with one attached hydrogen (secondary N) is 1. The fraction of sp³-hybridized carbons (Fsp3) is 0.391. The number of halogens is 1. The van der Waals surface area contributed by atoms with Gasteiger partial charge in [0.1, 0.15) is 9.96 Å². The summed E-state index contributed by atoms with van der Waals surface area (Å²) in [5, 5.41) is 11.2. The minimum Gasteiger partial charge on any atom is -0.495 e. The molecule has 2 aromatic carbocycles. The number of nitrogens with zero attached hydrogens (tertiary/aromatic N) is 2. The van der Waals surface area contributed by atoms with Crippen molar-refractivity contribution in [2.45, 2.75) is 17.6 Å². The van der Waals surface area contributed by atoms with E-state index >= 15 is 0 Å². The molecule has 0 aliphatic carbocycles. The highest BCUT2D eigenvalue weighted by atomic mass is 35.5. The highest BCUT2D eigenvalue weighted by Gasteiger charge is 2.27. The first-order chi connectivity index (χ1) is 15.7. The zero-order valence-electron chi connectivity index (χ0n) is 18.9. The van der Waals surface area contributed by atoms with Gasteiger partial charge in [-0.1, -0.05) is 11.6 Å². The maximum absolute atomic E-state index is 13.5. The largest absolute Gasteiger partial charge is 0.495 e. The number of hydrogen-bond acceptors (Lipinski definition) is 7. The zero-order chi connectivity index (χ0) is 23.8. The highest BCUT2D eigenvalue weighted by molar-refractivity contribution is 7.94. The molecule has 1 aliphatic heterocycles. The number of anilines is 2. The summed E-state index contributed by atoms with van der Waals surface area (Å²) >= 11 is 7.34. The second-order valence-corrected chi connectivity index (χ2v) is 11.5. The Kier molecular flexibility index (Phi) is 7.07. The van der Waals surface area contributed by atoms with Crippen LogP contribution in [0, 0.1) is 6.92 Å². The number of aliphatic hydroxyl groups excluding tert-OH is 1. The van der Waals surface area contributed by atoms with Gasteiger partial charge in [-0.25, -0.2) is 8.42 Å². The molecule has 2 N–H and O–H groups in total. The molecule has 0 radical (unpaired) electrons. The van der Waals surface area contributed by atoms with Crippen molar-refractivity contribution >= 4 is 54.4 Å². The third-order valence-electron chi connectivity index (χ3n) is 5.99. The van der Waals surface area contributed by atoms with Gasteiger partial charge >= 0.3 is 0 Å². The van der Waals surface area contributed by atoms with Crippen molar-refractivity contribution in [3.63, 3.8) is 0 Å². The van der Waals surface area contributed by atoms with Gasteiger partial charge in [0.05, 0.1) is 18.5 Å². The maximum Gasteiger partial charge on any atom is 0.271 e. The lowest BCUT2D eigenvalue weighted by molar-refractivity contribution is 0.298. The number of thiophene rings is 1. The van der Waals surface area contributed by atoms with Crippen LogP contribution in [0.1, 0.15) is 11.1 Å². The van der Waals surface area contributed by atoms with E-state index in [4.69, 9.17) is 16.3 Å². The molecule has 0 unspecified atom stereocenters. The van der Waals surface area contributed by atoms with Crippen LogP contribution in [0.4, 0.5) is 11.4 Å². The van der Waals surface area contributed by atoms with Gasteiger partial charge in [-0.05, 0) is 61.7 Å². The fourth-order valence-electron chi connectivity index (χ4n) is 4.23. The van der Waals surface area contributed by atoms with Crippen LogP contribution in [0.3, 0.4) is 0 Å². The Morgan fingerprint density at radius 1 is 1.18 bits per heavy atom. The number of hydrogen-bond donors (Lipinski definition) is 2. The van der Waals surface area contributed by atoms with Crippen LogP contribution in [-0.2, 0) is 16.4 Å². The molecular formula is C23H28ClN3O4S2. The standard InChI is InChI=1S/C23H28ClN3O4S2/c1-15-18-14-16(24)4-7-21(18)32-23(15)33(29,30)25-19-5-6-20(31-3)22(17(19)8-13-28)27-11-9-26(2)10-12-27/h4-7,14,25,28H,8-13H2,1-3H3. The maximum atomic E-state index is 13.5. The third kappa shape index (κ3) is 4.79. The number of fused-ring (bicyclic) bond motifs is 1. The van der Waals surface area contributed by atoms with Gasteiger partial charge in [-0.3, -0.25) is 4.72 Å². The summed E-state index contributed by atoms with van der Waals surface area (Å²) in [6.45, 7) is 5.04. The molecule has 178 valence electrons. The number of piperazine rings is 1. The Labute approximate surface area is 203 Å². The molecule has 1 fully saturated rings. The molecule has 1 aliphatic rings. The lowest BCUT2D eigenvalue weighted by atomic mass is 10.0. The predicted octanol–water partition coefficient (Wildman–Crippen LogP) is 3.96. The second kappa shape index (κ2) is 9.68. The number of aryl methyl sites for hydroxylation is 1. The van der Waals surface area contributed by atoms with Gasteiger partial charge in [0.25, 0.3) is 10.0 Å². The van der Waals surface area contributed by atoms with Crippen LogP contribution in [0.25, 0.3) is 10.1 Å². The normalized spacial score (nSPS) is 15.2. The summed E-state index contributed by atoms with van der Waals surface area (Å²) in [5.74, 6) is 0.665. The van der Waals surface area contributed by atoms with Crippen molar-refractivity contribution in [1.82, 2.24) is 4.90 Å². The second-order valence-electron chi connectivity index (χ2n) is 8.17. The Bertz CT molecular complexity index is 1270. The zero-order valence-corrected chi connectivity index (χ0v) is 21.3. The van der Waals surface area contributed by atoms with Crippen molar-refractivity contribution in [2.75, 3.05) is 56.6 Å². The van der Waals surface area contributed by atoms with E-state index in [9.17, 15) is 13.5 Å². The predicted molar refractivity (Wildman–Crippen MR) is 136 cm³/mol. The molecule has 0 saturated carbocycles. The number of ether oxygens (including phenoxy) is 1. The average Bonchev–Trinajstić information content (AvgIpc) is 3.12. The van der Waals surface area contributed by atoms with E-state index in [1.54, 1.807) is 38.3 Å². The van der Waals surface area contributed by atoms with E-state index in [1.165, 1.54) is 11.3 Å². The van der Waals surface area contributed by atoms with Crippen LogP contribution in [-0.4, -0.2) is 65.4 Å². The summed E-state index contributed by atoms with van der Waals surface area (Å²) in [6.07, 6.45) is 0.303. The van der Waals surface area contributed by atoms with Crippen LogP contribution in [0.15, 0.2) is 34.5 Å². The average molecular weight is 510 g/mol. The first-order valence-electron chi connectivity index (χ1n) is 10.7. The quantitative estimate of drug-likeness (QED) is 0.501. The van der Waals surface area contributed by atoms with Crippen molar-refractivity contribution in [2.24, 2.45) is 0 Å². The molecule has 33 heavy (non-hydrogen) atoms. The summed E-state index contributed by atoms with van der Waals surface area (Å²) in [7, 11) is -0.177. The molecule has 4 rings (SSSR count). The van der Waals surface area contributed by atoms with Gasteiger partial charge in [-0.2, -0.15) is 0 Å². The highest BCUT2D eigenvalue weighted by Crippen LogP contribution is 2.40. The molecule has 3 aromatic rings. The first-order valence-corrected chi connectivity index (χ1v) is 13.4. The van der Waals surface area contributed by atoms with Crippen molar-refractivity contribution in [3.05, 3.63) is 46.5 Å². The van der Waals surface area contributed by atoms with Gasteiger partial charge < -0.3 is 19.6 Å². The van der Waals surface area contributed by atoms with Crippen molar-refractivity contribution in [1.29, 1.82) is 0 Å². The summed E-state index contributed by atoms with van der Waals surface area (Å²) in [6, 6.07) is 8.88. The van der Waals surface area contributed by atoms with Crippen molar-refractivity contribution < 1.29 is 18.3 Å². The number of methoxy groups -OCH3 is 1. The Morgan fingerprint density at radius 2 is 1.91 bits per heavy atom. The molecule has 2 heterocycles. The molecule has 0 amide bonds. The van der Waals surface area contributed by atoms with E-state index in [0.29, 0.717) is 28.4 Å². The Morgan fingerprint density at radius 3 is 2.58 bits per heavy atom. The number of benzene rings is 2. The van der Waals surface area contributed by atoms with Gasteiger partial charge in [0.15, 0.2) is 0 Å². The molecule has 0 bridgehead atoms. The molecule has 1 saturated heterocycles. The molecular weight excluding hydrogens is 482 g/mol. The van der Waals surface area contributed by atoms with Gasteiger partial charge in [0.2, 0.25) is 0 Å². The molecule has 0 atom stereocenters. The number of rotatable bonds is 7. The Hall–Kier alpha value is -2.04. The summed E-state index contributed by atoms with van der Waals surface area (Å²) in [4.78, 5) is 4.45. The lowest BCUT2D eigenvalue weighted by Crippen LogP contribution is -2.45. The molecule has 1 aromatic heterocycles. The number of aliphatic hydroxyl groups is 1. The minimum absolute atomic E-state index is 0.108. The fourth-order valence-corrected chi connectivity index (χ4v) is 7.25. The van der Waals surface area contributed by atoms with E-state index < -0.39 is 10.0 Å². The van der Waals surface area contributed by atoms with E-state index in [-0.39, 0.29) is 10.8 Å². The van der Waals surface area contributed by atoms with Crippen LogP contribution in [0.5, 0.6) is 5.75 Å². The molecule has 7 nitrogen and oxygen atoms in total. The smallest absolute Gasteiger partial charge is 0.271 e. The van der Waals surface area contributed by atoms with Crippen LogP contribution in [0.2, 0.25) is 5.02 Å². The lowest BCUT2D eigenvalue weighted by Gasteiger charge is -2.36. The van der Waals surface area contributed by atoms with E-state index in [1.807, 2.05) is 6.07 Å². The number of sulfonamides is 1. The number of likely N-dealkylation sites (N-methyl/N-ethyl adjacent to an activating group) is 1. The van der Waals surface area contributed by atoms with Crippen LogP contribution < -0.4 is 14.4 Å². The Balaban J connectivity index is 1.77. The van der Waals surface area contributed by atoms with E-state index in [0.717, 1.165) is 47.5 Å². The SMILES string of the molecule is COc1ccc(NS(=O)(=O)c2sc3ccc(Cl)cc3c2C)c(CCO)c1N1CCN(C)CC1. The monoisotopic (exact) mass is 509 g/mol. The first kappa shape index (κ1) is 24.1. The van der Waals surface area contributed by atoms with Crippen molar-refractivity contribution in [3.8, 4) is 5.75 Å². The van der Waals surface area contributed by atoms with Gasteiger partial charge in [-0.15, -0.1) is 11.3 Å². The summed E-state index contributed by atoms with van der Waals surface area (Å²) in [5.41, 5.74) is 2.68. The summed E-state index contributed by atoms with van der Waals surface area (Å²) < 4.78 is 36.5. The van der Waals surface area contributed by atoms with Gasteiger partial charge in [0, 0.05) is 48.1 Å². The van der Waals surface area contributed by atoms with Crippen LogP contribution >= 0.6 is 22.9 Å². The molecule has 10 heteroatoms. The topological polar surface area (TPSA) is 82.1 Å². The minimum atomic E-state index is -3.86. The third-order valence-corrected chi connectivity index (χ3v) is 9.48.